The summed E-state index contributed by atoms with van der Waals surface area (Å²) in [4.78, 5) is 0. The molecule has 21 heavy (non-hydrogen) atoms. The maximum absolute atomic E-state index is 9.48. The van der Waals surface area contributed by atoms with Crippen LogP contribution in [0.3, 0.4) is 0 Å². The maximum atomic E-state index is 9.48. The predicted octanol–water partition coefficient (Wildman–Crippen LogP) is 5.35. The lowest BCUT2D eigenvalue weighted by atomic mass is 9.75. The van der Waals surface area contributed by atoms with Crippen molar-refractivity contribution in [1.82, 2.24) is 0 Å². The molecule has 0 aliphatic carbocycles. The monoisotopic (exact) mass is 346 g/mol. The van der Waals surface area contributed by atoms with Gasteiger partial charge in [0.15, 0.2) is 0 Å². The molecule has 0 aromatic heterocycles. The van der Waals surface area contributed by atoms with Gasteiger partial charge in [-0.2, -0.15) is 10.5 Å². The van der Waals surface area contributed by atoms with Crippen LogP contribution in [0.15, 0.2) is 16.6 Å². The number of halogens is 1. The number of benzene rings is 1. The van der Waals surface area contributed by atoms with Gasteiger partial charge in [-0.3, -0.25) is 0 Å². The average molecular weight is 347 g/mol. The number of rotatable bonds is 2. The minimum atomic E-state index is -0.611. The molecule has 112 valence electrons. The smallest absolute Gasteiger partial charge is 0.0777 e. The quantitative estimate of drug-likeness (QED) is 0.724. The van der Waals surface area contributed by atoms with Gasteiger partial charge in [0, 0.05) is 4.47 Å². The normalized spacial score (nSPS) is 12.7. The molecule has 0 saturated carbocycles. The Bertz CT molecular complexity index is 588. The van der Waals surface area contributed by atoms with Crippen LogP contribution in [0, 0.1) is 22.7 Å². The third-order valence-corrected chi connectivity index (χ3v) is 4.70. The summed E-state index contributed by atoms with van der Waals surface area (Å²) in [6.07, 6.45) is 0. The van der Waals surface area contributed by atoms with Gasteiger partial charge in [-0.1, -0.05) is 48.8 Å². The molecular formula is C18H23BrN2. The summed E-state index contributed by atoms with van der Waals surface area (Å²) in [7, 11) is 0. The molecule has 0 radical (unpaired) electrons. The van der Waals surface area contributed by atoms with Crippen LogP contribution in [-0.2, 0) is 16.2 Å². The minimum Gasteiger partial charge on any atom is -0.197 e. The highest BCUT2D eigenvalue weighted by Gasteiger charge is 2.32. The molecule has 0 bridgehead atoms. The highest BCUT2D eigenvalue weighted by molar-refractivity contribution is 9.10. The van der Waals surface area contributed by atoms with Gasteiger partial charge in [-0.05, 0) is 49.8 Å². The summed E-state index contributed by atoms with van der Waals surface area (Å²) in [5.41, 5.74) is 1.76. The van der Waals surface area contributed by atoms with Gasteiger partial charge < -0.3 is 0 Å². The zero-order valence-corrected chi connectivity index (χ0v) is 15.5. The molecule has 0 aliphatic heterocycles. The van der Waals surface area contributed by atoms with E-state index in [0.717, 1.165) is 21.2 Å². The zero-order chi connectivity index (χ0) is 16.6. The van der Waals surface area contributed by atoms with Crippen LogP contribution >= 0.6 is 15.9 Å². The largest absolute Gasteiger partial charge is 0.197 e. The number of nitriles is 2. The molecule has 1 aromatic carbocycles. The molecule has 0 fully saturated rings. The number of hydrogen-bond donors (Lipinski definition) is 0. The van der Waals surface area contributed by atoms with Crippen molar-refractivity contribution in [2.75, 3.05) is 0 Å². The van der Waals surface area contributed by atoms with Crippen molar-refractivity contribution >= 4 is 15.9 Å². The van der Waals surface area contributed by atoms with Gasteiger partial charge in [0.05, 0.1) is 23.0 Å². The second kappa shape index (κ2) is 5.47. The second-order valence-corrected chi connectivity index (χ2v) is 8.40. The van der Waals surface area contributed by atoms with Crippen molar-refractivity contribution in [2.45, 2.75) is 64.7 Å². The Labute approximate surface area is 136 Å². The zero-order valence-electron chi connectivity index (χ0n) is 13.9. The summed E-state index contributed by atoms with van der Waals surface area (Å²) >= 11 is 3.63. The Morgan fingerprint density at radius 3 is 1.38 bits per heavy atom. The first-order valence-electron chi connectivity index (χ1n) is 7.04. The van der Waals surface area contributed by atoms with Crippen molar-refractivity contribution in [1.29, 1.82) is 10.5 Å². The fraction of sp³-hybridized carbons (Fsp3) is 0.556. The van der Waals surface area contributed by atoms with E-state index in [1.54, 1.807) is 0 Å². The van der Waals surface area contributed by atoms with Crippen molar-refractivity contribution in [3.63, 3.8) is 0 Å². The van der Waals surface area contributed by atoms with Crippen LogP contribution in [-0.4, -0.2) is 0 Å². The molecule has 0 atom stereocenters. The minimum absolute atomic E-state index is 0.0404. The van der Waals surface area contributed by atoms with E-state index >= 15 is 0 Å². The molecule has 0 heterocycles. The molecule has 0 amide bonds. The van der Waals surface area contributed by atoms with Gasteiger partial charge >= 0.3 is 0 Å². The summed E-state index contributed by atoms with van der Waals surface area (Å²) < 4.78 is 0.869. The fourth-order valence-corrected chi connectivity index (χ4v) is 3.31. The predicted molar refractivity (Wildman–Crippen MR) is 90.1 cm³/mol. The van der Waals surface area contributed by atoms with Crippen LogP contribution in [0.1, 0.15) is 65.2 Å². The van der Waals surface area contributed by atoms with Crippen LogP contribution in [0.2, 0.25) is 0 Å². The molecule has 0 aliphatic rings. The Balaban J connectivity index is 3.82. The molecule has 0 unspecified atom stereocenters. The Morgan fingerprint density at radius 1 is 0.810 bits per heavy atom. The van der Waals surface area contributed by atoms with E-state index in [-0.39, 0.29) is 5.41 Å². The van der Waals surface area contributed by atoms with E-state index < -0.39 is 10.8 Å². The van der Waals surface area contributed by atoms with Crippen molar-refractivity contribution in [2.24, 2.45) is 0 Å². The van der Waals surface area contributed by atoms with Gasteiger partial charge in [-0.15, -0.1) is 0 Å². The fourth-order valence-electron chi connectivity index (χ4n) is 2.09. The van der Waals surface area contributed by atoms with Gasteiger partial charge in [-0.25, -0.2) is 0 Å². The van der Waals surface area contributed by atoms with E-state index in [0.29, 0.717) is 0 Å². The number of nitrogens with zero attached hydrogens (tertiary/aromatic N) is 2. The van der Waals surface area contributed by atoms with Crippen LogP contribution in [0.4, 0.5) is 0 Å². The molecule has 0 N–H and O–H groups in total. The molecule has 0 saturated heterocycles. The third-order valence-electron chi connectivity index (χ3n) is 3.84. The topological polar surface area (TPSA) is 47.6 Å². The number of hydrogen-bond acceptors (Lipinski definition) is 2. The third kappa shape index (κ3) is 3.47. The molecular weight excluding hydrogens is 324 g/mol. The van der Waals surface area contributed by atoms with Crippen molar-refractivity contribution < 1.29 is 0 Å². The summed E-state index contributed by atoms with van der Waals surface area (Å²) in [6.45, 7) is 14.0. The summed E-state index contributed by atoms with van der Waals surface area (Å²) in [6, 6.07) is 8.90. The van der Waals surface area contributed by atoms with Crippen molar-refractivity contribution in [3.05, 3.63) is 33.3 Å². The van der Waals surface area contributed by atoms with E-state index in [9.17, 15) is 10.5 Å². The SMILES string of the molecule is CC(C)(C)c1cc(C(C)(C)C#N)c(Br)c(C(C)(C)C#N)c1. The van der Waals surface area contributed by atoms with Crippen LogP contribution < -0.4 is 0 Å². The van der Waals surface area contributed by atoms with E-state index in [4.69, 9.17) is 0 Å². The summed E-state index contributed by atoms with van der Waals surface area (Å²) in [5.74, 6) is 0. The lowest BCUT2D eigenvalue weighted by Gasteiger charge is -2.29. The van der Waals surface area contributed by atoms with Crippen LogP contribution in [0.25, 0.3) is 0 Å². The van der Waals surface area contributed by atoms with Gasteiger partial charge in [0.2, 0.25) is 0 Å². The Kier molecular flexibility index (Phi) is 4.62. The molecule has 0 spiro atoms. The molecule has 3 heteroatoms. The Morgan fingerprint density at radius 2 is 1.14 bits per heavy atom. The molecule has 2 nitrogen and oxygen atoms in total. The first kappa shape index (κ1) is 17.7. The van der Waals surface area contributed by atoms with Gasteiger partial charge in [0.25, 0.3) is 0 Å². The van der Waals surface area contributed by atoms with Crippen molar-refractivity contribution in [3.8, 4) is 12.1 Å². The standard InChI is InChI=1S/C18H23BrN2/c1-16(2,3)12-8-13(17(4,5)10-20)15(19)14(9-12)18(6,7)11-21/h8-9H,1-7H3. The highest BCUT2D eigenvalue weighted by atomic mass is 79.9. The Hall–Kier alpha value is -1.32. The molecule has 1 aromatic rings. The highest BCUT2D eigenvalue weighted by Crippen LogP contribution is 2.40. The van der Waals surface area contributed by atoms with Crippen LogP contribution in [0.5, 0.6) is 0 Å². The van der Waals surface area contributed by atoms with Gasteiger partial charge in [0.1, 0.15) is 0 Å². The van der Waals surface area contributed by atoms with E-state index in [2.05, 4.69) is 61.0 Å². The second-order valence-electron chi connectivity index (χ2n) is 7.61. The first-order chi connectivity index (χ1) is 9.36. The summed E-state index contributed by atoms with van der Waals surface area (Å²) in [5, 5.41) is 19.0. The van der Waals surface area contributed by atoms with E-state index in [1.165, 1.54) is 0 Å². The lowest BCUT2D eigenvalue weighted by Crippen LogP contribution is -2.23. The molecule has 1 rings (SSSR count). The lowest BCUT2D eigenvalue weighted by molar-refractivity contribution is 0.577. The first-order valence-corrected chi connectivity index (χ1v) is 7.83. The van der Waals surface area contributed by atoms with E-state index in [1.807, 2.05) is 27.7 Å². The average Bonchev–Trinajstić information content (AvgIpc) is 2.37. The maximum Gasteiger partial charge on any atom is 0.0777 e.